The summed E-state index contributed by atoms with van der Waals surface area (Å²) in [4.78, 5) is 28.6. The molecule has 0 aliphatic carbocycles. The van der Waals surface area contributed by atoms with Crippen molar-refractivity contribution in [2.75, 3.05) is 37.7 Å². The van der Waals surface area contributed by atoms with Gasteiger partial charge in [-0.15, -0.1) is 0 Å². The molecule has 0 radical (unpaired) electrons. The Hall–Kier alpha value is -2.46. The summed E-state index contributed by atoms with van der Waals surface area (Å²) in [6.45, 7) is 2.18. The summed E-state index contributed by atoms with van der Waals surface area (Å²) in [7, 11) is -2.92. The van der Waals surface area contributed by atoms with E-state index >= 15 is 0 Å². The number of aromatic nitrogens is 2. The molecule has 4 rings (SSSR count). The highest BCUT2D eigenvalue weighted by atomic mass is 32.2. The van der Waals surface area contributed by atoms with Gasteiger partial charge in [-0.1, -0.05) is 0 Å². The number of piperazine rings is 1. The maximum atomic E-state index is 12.6. The predicted molar refractivity (Wildman–Crippen MR) is 101 cm³/mol. The maximum Gasteiger partial charge on any atom is 0.267 e. The van der Waals surface area contributed by atoms with E-state index in [0.717, 1.165) is 4.68 Å². The Kier molecular flexibility index (Phi) is 5.07. The molecule has 9 nitrogen and oxygen atoms in total. The Morgan fingerprint density at radius 2 is 1.96 bits per heavy atom. The van der Waals surface area contributed by atoms with E-state index in [2.05, 4.69) is 10.00 Å². The van der Waals surface area contributed by atoms with Gasteiger partial charge in [-0.3, -0.25) is 14.5 Å². The van der Waals surface area contributed by atoms with Crippen molar-refractivity contribution in [1.82, 2.24) is 19.6 Å². The number of furan rings is 1. The molecule has 2 saturated heterocycles. The van der Waals surface area contributed by atoms with E-state index in [1.54, 1.807) is 23.1 Å². The Morgan fingerprint density at radius 1 is 1.18 bits per heavy atom. The number of amides is 1. The second kappa shape index (κ2) is 7.51. The molecule has 28 heavy (non-hydrogen) atoms. The highest BCUT2D eigenvalue weighted by molar-refractivity contribution is 7.91. The van der Waals surface area contributed by atoms with Crippen molar-refractivity contribution >= 4 is 15.7 Å². The van der Waals surface area contributed by atoms with Gasteiger partial charge in [0.15, 0.2) is 15.6 Å². The summed E-state index contributed by atoms with van der Waals surface area (Å²) >= 11 is 0. The van der Waals surface area contributed by atoms with Crippen LogP contribution in [0.3, 0.4) is 0 Å². The van der Waals surface area contributed by atoms with E-state index in [1.807, 2.05) is 0 Å². The molecule has 2 aliphatic heterocycles. The van der Waals surface area contributed by atoms with Crippen molar-refractivity contribution < 1.29 is 17.6 Å². The van der Waals surface area contributed by atoms with Gasteiger partial charge in [0.25, 0.3) is 5.56 Å². The summed E-state index contributed by atoms with van der Waals surface area (Å²) < 4.78 is 29.8. The number of sulfone groups is 1. The van der Waals surface area contributed by atoms with Crippen LogP contribution < -0.4 is 5.56 Å². The van der Waals surface area contributed by atoms with Crippen molar-refractivity contribution in [3.05, 3.63) is 40.9 Å². The molecule has 1 unspecified atom stereocenters. The lowest BCUT2D eigenvalue weighted by atomic mass is 10.2. The number of hydrogen-bond donors (Lipinski definition) is 0. The van der Waals surface area contributed by atoms with E-state index in [1.165, 1.54) is 12.3 Å². The van der Waals surface area contributed by atoms with Crippen LogP contribution in [0.2, 0.25) is 0 Å². The van der Waals surface area contributed by atoms with Gasteiger partial charge in [0.1, 0.15) is 12.2 Å². The first-order chi connectivity index (χ1) is 13.4. The molecule has 0 N–H and O–H groups in total. The molecule has 2 aromatic rings. The van der Waals surface area contributed by atoms with Gasteiger partial charge in [-0.05, 0) is 24.6 Å². The van der Waals surface area contributed by atoms with Crippen LogP contribution in [0.4, 0.5) is 0 Å². The second-order valence-electron chi connectivity index (χ2n) is 7.17. The molecule has 2 aromatic heterocycles. The fraction of sp³-hybridized carbons (Fsp3) is 0.500. The number of carbonyl (C=O) groups is 1. The smallest absolute Gasteiger partial charge is 0.267 e. The quantitative estimate of drug-likeness (QED) is 0.694. The molecule has 4 heterocycles. The largest absolute Gasteiger partial charge is 0.463 e. The number of carbonyl (C=O) groups excluding carboxylic acids is 1. The third-order valence-corrected chi connectivity index (χ3v) is 7.07. The van der Waals surface area contributed by atoms with Crippen LogP contribution in [0.25, 0.3) is 11.5 Å². The molecular formula is C18H22N4O5S. The average molecular weight is 406 g/mol. The van der Waals surface area contributed by atoms with Crippen molar-refractivity contribution in [2.45, 2.75) is 19.0 Å². The minimum atomic E-state index is -2.92. The number of hydrogen-bond acceptors (Lipinski definition) is 7. The van der Waals surface area contributed by atoms with Crippen LogP contribution in [0, 0.1) is 0 Å². The van der Waals surface area contributed by atoms with Gasteiger partial charge in [0, 0.05) is 38.3 Å². The van der Waals surface area contributed by atoms with Crippen LogP contribution in [-0.4, -0.2) is 77.6 Å². The third kappa shape index (κ3) is 4.02. The second-order valence-corrected chi connectivity index (χ2v) is 9.39. The van der Waals surface area contributed by atoms with E-state index in [-0.39, 0.29) is 35.6 Å². The Morgan fingerprint density at radius 3 is 2.61 bits per heavy atom. The molecule has 2 fully saturated rings. The molecule has 0 spiro atoms. The van der Waals surface area contributed by atoms with Crippen molar-refractivity contribution in [3.63, 3.8) is 0 Å². The molecule has 2 aliphatic rings. The Bertz CT molecular complexity index is 1010. The SMILES string of the molecule is O=C(Cn1nc(-c2ccco2)ccc1=O)N1CCN(C2CCS(=O)(=O)C2)CC1. The third-order valence-electron chi connectivity index (χ3n) is 5.32. The lowest BCUT2D eigenvalue weighted by Crippen LogP contribution is -2.53. The van der Waals surface area contributed by atoms with Crippen LogP contribution in [0.5, 0.6) is 0 Å². The molecule has 0 aromatic carbocycles. The topological polar surface area (TPSA) is 106 Å². The molecule has 10 heteroatoms. The summed E-state index contributed by atoms with van der Waals surface area (Å²) in [6, 6.07) is 6.46. The van der Waals surface area contributed by atoms with Crippen LogP contribution >= 0.6 is 0 Å². The zero-order valence-corrected chi connectivity index (χ0v) is 16.2. The molecule has 150 valence electrons. The lowest BCUT2D eigenvalue weighted by molar-refractivity contribution is -0.134. The van der Waals surface area contributed by atoms with Crippen LogP contribution in [0.15, 0.2) is 39.7 Å². The standard InChI is InChI=1S/C18H22N4O5S/c23-17-4-3-15(16-2-1-10-27-16)19-22(17)12-18(24)21-8-6-20(7-9-21)14-5-11-28(25,26)13-14/h1-4,10,14H,5-9,11-13H2. The Balaban J connectivity index is 1.37. The monoisotopic (exact) mass is 406 g/mol. The van der Waals surface area contributed by atoms with E-state index < -0.39 is 9.84 Å². The van der Waals surface area contributed by atoms with E-state index in [9.17, 15) is 18.0 Å². The lowest BCUT2D eigenvalue weighted by Gasteiger charge is -2.37. The highest BCUT2D eigenvalue weighted by Gasteiger charge is 2.34. The zero-order chi connectivity index (χ0) is 19.7. The van der Waals surface area contributed by atoms with Crippen LogP contribution in [0.1, 0.15) is 6.42 Å². The average Bonchev–Trinajstić information content (AvgIpc) is 3.33. The van der Waals surface area contributed by atoms with Gasteiger partial charge in [-0.25, -0.2) is 13.1 Å². The predicted octanol–water partition coefficient (Wildman–Crippen LogP) is -0.165. The molecule has 0 bridgehead atoms. The molecule has 1 amide bonds. The fourth-order valence-electron chi connectivity index (χ4n) is 3.75. The normalized spacial score (nSPS) is 22.4. The van der Waals surface area contributed by atoms with Gasteiger partial charge < -0.3 is 9.32 Å². The van der Waals surface area contributed by atoms with Crippen LogP contribution in [-0.2, 0) is 21.2 Å². The number of rotatable bonds is 4. The molecular weight excluding hydrogens is 384 g/mol. The maximum absolute atomic E-state index is 12.6. The first kappa shape index (κ1) is 18.9. The van der Waals surface area contributed by atoms with Crippen molar-refractivity contribution in [2.24, 2.45) is 0 Å². The van der Waals surface area contributed by atoms with Crippen molar-refractivity contribution in [3.8, 4) is 11.5 Å². The van der Waals surface area contributed by atoms with Gasteiger partial charge >= 0.3 is 0 Å². The van der Waals surface area contributed by atoms with Gasteiger partial charge in [-0.2, -0.15) is 5.10 Å². The minimum absolute atomic E-state index is 0.0523. The first-order valence-electron chi connectivity index (χ1n) is 9.25. The minimum Gasteiger partial charge on any atom is -0.463 e. The Labute approximate surface area is 162 Å². The van der Waals surface area contributed by atoms with E-state index in [4.69, 9.17) is 4.42 Å². The summed E-state index contributed by atoms with van der Waals surface area (Å²) in [5.74, 6) is 0.809. The van der Waals surface area contributed by atoms with Gasteiger partial charge in [0.2, 0.25) is 5.91 Å². The molecule has 1 atom stereocenters. The summed E-state index contributed by atoms with van der Waals surface area (Å²) in [5, 5.41) is 4.23. The highest BCUT2D eigenvalue weighted by Crippen LogP contribution is 2.19. The van der Waals surface area contributed by atoms with Gasteiger partial charge in [0.05, 0.1) is 17.8 Å². The van der Waals surface area contributed by atoms with Crippen molar-refractivity contribution in [1.29, 1.82) is 0 Å². The zero-order valence-electron chi connectivity index (χ0n) is 15.4. The molecule has 0 saturated carbocycles. The first-order valence-corrected chi connectivity index (χ1v) is 11.1. The summed E-state index contributed by atoms with van der Waals surface area (Å²) in [5.41, 5.74) is 0.142. The summed E-state index contributed by atoms with van der Waals surface area (Å²) in [6.07, 6.45) is 2.18. The number of nitrogens with zero attached hydrogens (tertiary/aromatic N) is 4. The fourth-order valence-corrected chi connectivity index (χ4v) is 5.51. The van der Waals surface area contributed by atoms with E-state index in [0.29, 0.717) is 44.1 Å².